The van der Waals surface area contributed by atoms with Gasteiger partial charge in [-0.1, -0.05) is 11.3 Å². The molecule has 1 N–H and O–H groups in total. The Balaban J connectivity index is 1.98. The summed E-state index contributed by atoms with van der Waals surface area (Å²) in [4.78, 5) is 7.74. The van der Waals surface area contributed by atoms with Gasteiger partial charge in [0.15, 0.2) is 0 Å². The molecule has 0 saturated carbocycles. The highest BCUT2D eigenvalue weighted by molar-refractivity contribution is 5.95. The highest BCUT2D eigenvalue weighted by atomic mass is 15.4. The second-order valence-corrected chi connectivity index (χ2v) is 4.97. The van der Waals surface area contributed by atoms with E-state index in [2.05, 4.69) is 38.5 Å². The molecular weight excluding hydrogens is 250 g/mol. The number of H-pyrrole nitrogens is 1. The molecule has 0 radical (unpaired) electrons. The van der Waals surface area contributed by atoms with E-state index < -0.39 is 0 Å². The van der Waals surface area contributed by atoms with E-state index in [0.29, 0.717) is 0 Å². The van der Waals surface area contributed by atoms with Crippen LogP contribution in [0.1, 0.15) is 5.69 Å². The summed E-state index contributed by atoms with van der Waals surface area (Å²) >= 11 is 0. The van der Waals surface area contributed by atoms with Crippen molar-refractivity contribution in [2.24, 2.45) is 7.05 Å². The molecule has 5 nitrogen and oxygen atoms in total. The summed E-state index contributed by atoms with van der Waals surface area (Å²) in [6.45, 7) is 1.99. The summed E-state index contributed by atoms with van der Waals surface area (Å²) in [6, 6.07) is 10.3. The number of aryl methyl sites for hydroxylation is 2. The van der Waals surface area contributed by atoms with Gasteiger partial charge in [0.05, 0.1) is 5.52 Å². The highest BCUT2D eigenvalue weighted by Gasteiger charge is 2.09. The first-order valence-electron chi connectivity index (χ1n) is 6.47. The normalized spacial score (nSPS) is 11.5. The number of nitrogens with zero attached hydrogens (tertiary/aromatic N) is 4. The Labute approximate surface area is 115 Å². The molecule has 0 spiro atoms. The SMILES string of the molecule is Cc1ccc2c(-c3ccc4nnn(C)c4c3)c[nH]c2n1. The third-order valence-corrected chi connectivity index (χ3v) is 3.60. The predicted octanol–water partition coefficient (Wildman–Crippen LogP) is 2.82. The molecule has 0 saturated heterocycles. The molecule has 0 unspecified atom stereocenters. The topological polar surface area (TPSA) is 59.4 Å². The molecule has 0 aliphatic heterocycles. The number of nitrogens with one attached hydrogen (secondary N) is 1. The number of fused-ring (bicyclic) bond motifs is 2. The molecule has 0 fully saturated rings. The maximum Gasteiger partial charge on any atom is 0.138 e. The average Bonchev–Trinajstić information content (AvgIpc) is 3.02. The van der Waals surface area contributed by atoms with Gasteiger partial charge in [-0.3, -0.25) is 0 Å². The van der Waals surface area contributed by atoms with E-state index in [0.717, 1.165) is 38.9 Å². The minimum absolute atomic E-state index is 0.907. The zero-order valence-corrected chi connectivity index (χ0v) is 11.3. The number of rotatable bonds is 1. The maximum absolute atomic E-state index is 4.51. The van der Waals surface area contributed by atoms with Crippen molar-refractivity contribution in [1.29, 1.82) is 0 Å². The van der Waals surface area contributed by atoms with Crippen molar-refractivity contribution in [3.05, 3.63) is 42.2 Å². The van der Waals surface area contributed by atoms with Crippen LogP contribution in [0.15, 0.2) is 36.5 Å². The fourth-order valence-corrected chi connectivity index (χ4v) is 2.54. The van der Waals surface area contributed by atoms with E-state index >= 15 is 0 Å². The summed E-state index contributed by atoms with van der Waals surface area (Å²) in [5, 5.41) is 9.28. The minimum Gasteiger partial charge on any atom is -0.346 e. The lowest BCUT2D eigenvalue weighted by molar-refractivity contribution is 0.736. The van der Waals surface area contributed by atoms with E-state index in [1.54, 1.807) is 4.68 Å². The van der Waals surface area contributed by atoms with E-state index in [9.17, 15) is 0 Å². The van der Waals surface area contributed by atoms with Crippen LogP contribution in [-0.4, -0.2) is 25.0 Å². The molecule has 0 bridgehead atoms. The Kier molecular flexibility index (Phi) is 2.18. The Morgan fingerprint density at radius 2 is 2.05 bits per heavy atom. The number of hydrogen-bond donors (Lipinski definition) is 1. The molecule has 5 heteroatoms. The summed E-state index contributed by atoms with van der Waals surface area (Å²) in [7, 11) is 1.90. The Morgan fingerprint density at radius 3 is 2.95 bits per heavy atom. The molecule has 4 rings (SSSR count). The zero-order valence-electron chi connectivity index (χ0n) is 11.3. The lowest BCUT2D eigenvalue weighted by atomic mass is 10.1. The largest absolute Gasteiger partial charge is 0.346 e. The number of hydrogen-bond acceptors (Lipinski definition) is 3. The van der Waals surface area contributed by atoms with Gasteiger partial charge in [-0.15, -0.1) is 5.10 Å². The van der Waals surface area contributed by atoms with Gasteiger partial charge in [0, 0.05) is 29.9 Å². The molecule has 0 aliphatic rings. The molecule has 1 aromatic carbocycles. The summed E-state index contributed by atoms with van der Waals surface area (Å²) in [6.07, 6.45) is 2.00. The standard InChI is InChI=1S/C15H13N5/c1-9-3-5-11-12(8-16-15(11)17-9)10-4-6-13-14(7-10)20(2)19-18-13/h3-8H,1-2H3,(H,16,17). The van der Waals surface area contributed by atoms with Crippen LogP contribution in [0.4, 0.5) is 0 Å². The van der Waals surface area contributed by atoms with Crippen molar-refractivity contribution in [1.82, 2.24) is 25.0 Å². The third-order valence-electron chi connectivity index (χ3n) is 3.60. The lowest BCUT2D eigenvalue weighted by Crippen LogP contribution is -1.89. The smallest absolute Gasteiger partial charge is 0.138 e. The lowest BCUT2D eigenvalue weighted by Gasteiger charge is -2.01. The van der Waals surface area contributed by atoms with Crippen LogP contribution in [0, 0.1) is 6.92 Å². The number of benzene rings is 1. The van der Waals surface area contributed by atoms with Crippen molar-refractivity contribution in [3.63, 3.8) is 0 Å². The molecule has 98 valence electrons. The van der Waals surface area contributed by atoms with E-state index in [1.165, 1.54) is 0 Å². The van der Waals surface area contributed by atoms with Crippen molar-refractivity contribution in [2.75, 3.05) is 0 Å². The minimum atomic E-state index is 0.907. The van der Waals surface area contributed by atoms with E-state index in [-0.39, 0.29) is 0 Å². The van der Waals surface area contributed by atoms with Crippen molar-refractivity contribution in [2.45, 2.75) is 6.92 Å². The third kappa shape index (κ3) is 1.53. The first-order valence-corrected chi connectivity index (χ1v) is 6.47. The van der Waals surface area contributed by atoms with Gasteiger partial charge in [0.25, 0.3) is 0 Å². The van der Waals surface area contributed by atoms with Crippen molar-refractivity contribution < 1.29 is 0 Å². The Hall–Kier alpha value is -2.69. The monoisotopic (exact) mass is 263 g/mol. The number of aromatic amines is 1. The van der Waals surface area contributed by atoms with Crippen LogP contribution in [0.5, 0.6) is 0 Å². The van der Waals surface area contributed by atoms with Crippen LogP contribution < -0.4 is 0 Å². The van der Waals surface area contributed by atoms with Crippen LogP contribution >= 0.6 is 0 Å². The quantitative estimate of drug-likeness (QED) is 0.574. The fourth-order valence-electron chi connectivity index (χ4n) is 2.54. The van der Waals surface area contributed by atoms with Crippen LogP contribution in [0.2, 0.25) is 0 Å². The molecular formula is C15H13N5. The van der Waals surface area contributed by atoms with Crippen LogP contribution in [0.25, 0.3) is 33.2 Å². The molecule has 0 aliphatic carbocycles. The molecule has 0 amide bonds. The molecule has 20 heavy (non-hydrogen) atoms. The van der Waals surface area contributed by atoms with E-state index in [1.807, 2.05) is 32.3 Å². The van der Waals surface area contributed by atoms with Gasteiger partial charge in [-0.05, 0) is 36.8 Å². The summed E-state index contributed by atoms with van der Waals surface area (Å²) in [5.41, 5.74) is 6.15. The van der Waals surface area contributed by atoms with Gasteiger partial charge < -0.3 is 4.98 Å². The van der Waals surface area contributed by atoms with Crippen LogP contribution in [-0.2, 0) is 7.05 Å². The van der Waals surface area contributed by atoms with Gasteiger partial charge >= 0.3 is 0 Å². The second kappa shape index (κ2) is 3.90. The molecule has 0 atom stereocenters. The molecule has 3 aromatic heterocycles. The maximum atomic E-state index is 4.51. The average molecular weight is 263 g/mol. The molecule has 3 heterocycles. The van der Waals surface area contributed by atoms with Gasteiger partial charge in [-0.2, -0.15) is 0 Å². The fraction of sp³-hybridized carbons (Fsp3) is 0.133. The summed E-state index contributed by atoms with van der Waals surface area (Å²) in [5.74, 6) is 0. The first-order chi connectivity index (χ1) is 9.72. The van der Waals surface area contributed by atoms with Gasteiger partial charge in [-0.25, -0.2) is 9.67 Å². The summed E-state index contributed by atoms with van der Waals surface area (Å²) < 4.78 is 1.79. The first kappa shape index (κ1) is 11.2. The number of aromatic nitrogens is 5. The van der Waals surface area contributed by atoms with Gasteiger partial charge in [0.2, 0.25) is 0 Å². The van der Waals surface area contributed by atoms with Crippen molar-refractivity contribution in [3.8, 4) is 11.1 Å². The highest BCUT2D eigenvalue weighted by Crippen LogP contribution is 2.29. The van der Waals surface area contributed by atoms with Gasteiger partial charge in [0.1, 0.15) is 11.2 Å². The Morgan fingerprint density at radius 1 is 1.15 bits per heavy atom. The second-order valence-electron chi connectivity index (χ2n) is 4.97. The molecule has 4 aromatic rings. The Bertz CT molecular complexity index is 932. The number of pyridine rings is 1. The van der Waals surface area contributed by atoms with E-state index in [4.69, 9.17) is 0 Å². The van der Waals surface area contributed by atoms with Crippen LogP contribution in [0.3, 0.4) is 0 Å². The predicted molar refractivity (Wildman–Crippen MR) is 78.3 cm³/mol. The zero-order chi connectivity index (χ0) is 13.7. The van der Waals surface area contributed by atoms with Crippen molar-refractivity contribution >= 4 is 22.1 Å².